The number of hydrogen-bond donors (Lipinski definition) is 2. The third-order valence-corrected chi connectivity index (χ3v) is 7.88. The lowest BCUT2D eigenvalue weighted by atomic mass is 9.72. The first-order valence-corrected chi connectivity index (χ1v) is 13.7. The van der Waals surface area contributed by atoms with E-state index in [4.69, 9.17) is 14.2 Å². The molecule has 2 N–H and O–H groups in total. The lowest BCUT2D eigenvalue weighted by Gasteiger charge is -2.42. The minimum absolute atomic E-state index is 0.628. The van der Waals surface area contributed by atoms with Crippen LogP contribution in [0.4, 0.5) is 0 Å². The highest BCUT2D eigenvalue weighted by molar-refractivity contribution is 5.43. The van der Waals surface area contributed by atoms with Gasteiger partial charge in [-0.3, -0.25) is 0 Å². The highest BCUT2D eigenvalue weighted by atomic mass is 16.7. The second-order valence-corrected chi connectivity index (χ2v) is 10.2. The van der Waals surface area contributed by atoms with Gasteiger partial charge >= 0.3 is 0 Å². The van der Waals surface area contributed by atoms with E-state index in [0.717, 1.165) is 5.56 Å². The van der Waals surface area contributed by atoms with Crippen molar-refractivity contribution in [2.75, 3.05) is 7.11 Å². The Balaban J connectivity index is 1.58. The molecule has 1 saturated heterocycles. The summed E-state index contributed by atoms with van der Waals surface area (Å²) < 4.78 is 18.8. The van der Waals surface area contributed by atoms with Gasteiger partial charge in [0.2, 0.25) is 0 Å². The molecule has 0 radical (unpaired) electrons. The summed E-state index contributed by atoms with van der Waals surface area (Å²) in [6.07, 6.45) is -2.91. The minimum atomic E-state index is -1.67. The van der Waals surface area contributed by atoms with Crippen LogP contribution in [0.25, 0.3) is 0 Å². The van der Waals surface area contributed by atoms with E-state index in [2.05, 4.69) is 0 Å². The van der Waals surface area contributed by atoms with Gasteiger partial charge in [0.1, 0.15) is 29.2 Å². The maximum atomic E-state index is 12.9. The van der Waals surface area contributed by atoms with E-state index in [-0.39, 0.29) is 0 Å². The van der Waals surface area contributed by atoms with Crippen LogP contribution in [0.5, 0.6) is 5.75 Å². The van der Waals surface area contributed by atoms with Gasteiger partial charge in [0.05, 0.1) is 7.11 Å². The summed E-state index contributed by atoms with van der Waals surface area (Å²) in [7, 11) is 1.61. The maximum absolute atomic E-state index is 12.9. The number of benzene rings is 5. The summed E-state index contributed by atoms with van der Waals surface area (Å²) >= 11 is 0. The molecule has 0 bridgehead atoms. The smallest absolute Gasteiger partial charge is 0.185 e. The van der Waals surface area contributed by atoms with Crippen LogP contribution in [0, 0.1) is 0 Å². The van der Waals surface area contributed by atoms with Crippen molar-refractivity contribution in [1.82, 2.24) is 0 Å². The molecular formula is C36H32O5. The molecule has 0 aliphatic carbocycles. The predicted octanol–water partition coefficient (Wildman–Crippen LogP) is 6.35. The quantitative estimate of drug-likeness (QED) is 0.238. The average Bonchev–Trinajstić information content (AvgIpc) is 3.52. The first-order valence-electron chi connectivity index (χ1n) is 13.7. The molecule has 1 aliphatic heterocycles. The molecule has 1 aliphatic rings. The van der Waals surface area contributed by atoms with E-state index in [1.165, 1.54) is 0 Å². The monoisotopic (exact) mass is 544 g/mol. The van der Waals surface area contributed by atoms with Crippen molar-refractivity contribution in [2.45, 2.75) is 29.7 Å². The van der Waals surface area contributed by atoms with Crippen molar-refractivity contribution in [2.24, 2.45) is 0 Å². The molecular weight excluding hydrogens is 512 g/mol. The van der Waals surface area contributed by atoms with Crippen LogP contribution in [0.2, 0.25) is 0 Å². The number of hydrogen-bond acceptors (Lipinski definition) is 5. The maximum Gasteiger partial charge on any atom is 0.185 e. The summed E-state index contributed by atoms with van der Waals surface area (Å²) in [5.74, 6) is 0.704. The molecule has 0 saturated carbocycles. The zero-order chi connectivity index (χ0) is 28.3. The van der Waals surface area contributed by atoms with E-state index in [1.54, 1.807) is 7.11 Å². The van der Waals surface area contributed by atoms with Crippen LogP contribution in [0.3, 0.4) is 0 Å². The largest absolute Gasteiger partial charge is 0.497 e. The Morgan fingerprint density at radius 2 is 0.805 bits per heavy atom. The van der Waals surface area contributed by atoms with Gasteiger partial charge in [0.15, 0.2) is 6.29 Å². The minimum Gasteiger partial charge on any atom is -0.497 e. The molecule has 0 amide bonds. The zero-order valence-electron chi connectivity index (χ0n) is 22.7. The Morgan fingerprint density at radius 1 is 0.488 bits per heavy atom. The second-order valence-electron chi connectivity index (χ2n) is 10.2. The Kier molecular flexibility index (Phi) is 7.43. The van der Waals surface area contributed by atoms with Gasteiger partial charge in [-0.1, -0.05) is 133 Å². The Labute approximate surface area is 240 Å². The Hall–Kier alpha value is -4.26. The molecule has 5 heteroatoms. The first kappa shape index (κ1) is 26.9. The van der Waals surface area contributed by atoms with Crippen LogP contribution in [0.15, 0.2) is 146 Å². The van der Waals surface area contributed by atoms with Crippen LogP contribution >= 0.6 is 0 Å². The molecule has 0 spiro atoms. The third kappa shape index (κ3) is 4.83. The molecule has 2 atom stereocenters. The zero-order valence-corrected chi connectivity index (χ0v) is 22.7. The Morgan fingerprint density at radius 3 is 1.10 bits per heavy atom. The third-order valence-electron chi connectivity index (χ3n) is 7.88. The van der Waals surface area contributed by atoms with Gasteiger partial charge in [-0.15, -0.1) is 0 Å². The van der Waals surface area contributed by atoms with Gasteiger partial charge in [0, 0.05) is 5.56 Å². The Bertz CT molecular complexity index is 1360. The molecule has 0 aromatic heterocycles. The predicted molar refractivity (Wildman–Crippen MR) is 157 cm³/mol. The fourth-order valence-corrected chi connectivity index (χ4v) is 5.75. The van der Waals surface area contributed by atoms with Crippen molar-refractivity contribution in [3.05, 3.63) is 173 Å². The van der Waals surface area contributed by atoms with Gasteiger partial charge < -0.3 is 24.4 Å². The highest BCUT2D eigenvalue weighted by Crippen LogP contribution is 2.50. The average molecular weight is 545 g/mol. The highest BCUT2D eigenvalue weighted by Gasteiger charge is 2.59. The first-order chi connectivity index (χ1) is 20.0. The van der Waals surface area contributed by atoms with E-state index in [9.17, 15) is 10.2 Å². The molecule has 41 heavy (non-hydrogen) atoms. The molecule has 1 fully saturated rings. The molecule has 206 valence electrons. The summed E-state index contributed by atoms with van der Waals surface area (Å²) in [4.78, 5) is 0. The van der Waals surface area contributed by atoms with Crippen molar-refractivity contribution >= 4 is 0 Å². The fourth-order valence-electron chi connectivity index (χ4n) is 5.75. The molecule has 5 aromatic rings. The summed E-state index contributed by atoms with van der Waals surface area (Å²) in [5, 5.41) is 25.8. The van der Waals surface area contributed by atoms with E-state index in [1.807, 2.05) is 146 Å². The van der Waals surface area contributed by atoms with Crippen LogP contribution in [-0.2, 0) is 20.7 Å². The van der Waals surface area contributed by atoms with Gasteiger partial charge in [-0.25, -0.2) is 0 Å². The van der Waals surface area contributed by atoms with Gasteiger partial charge in [-0.05, 0) is 34.4 Å². The van der Waals surface area contributed by atoms with Crippen molar-refractivity contribution in [1.29, 1.82) is 0 Å². The topological polar surface area (TPSA) is 68.2 Å². The fraction of sp³-hybridized carbons (Fsp3) is 0.167. The number of aliphatic hydroxyl groups is 2. The van der Waals surface area contributed by atoms with E-state index >= 15 is 0 Å². The lowest BCUT2D eigenvalue weighted by Crippen LogP contribution is -2.54. The molecule has 5 aromatic carbocycles. The molecule has 6 rings (SSSR count). The van der Waals surface area contributed by atoms with Gasteiger partial charge in [-0.2, -0.15) is 0 Å². The van der Waals surface area contributed by atoms with Crippen LogP contribution in [-0.4, -0.2) is 29.5 Å². The van der Waals surface area contributed by atoms with Gasteiger partial charge in [0.25, 0.3) is 0 Å². The number of methoxy groups -OCH3 is 1. The second kappa shape index (κ2) is 11.3. The van der Waals surface area contributed by atoms with E-state index in [0.29, 0.717) is 28.0 Å². The lowest BCUT2D eigenvalue weighted by molar-refractivity contribution is -0.110. The molecule has 1 heterocycles. The summed E-state index contributed by atoms with van der Waals surface area (Å²) in [6, 6.07) is 45.1. The van der Waals surface area contributed by atoms with Crippen LogP contribution < -0.4 is 4.74 Å². The van der Waals surface area contributed by atoms with Crippen LogP contribution in [0.1, 0.15) is 34.1 Å². The summed E-state index contributed by atoms with van der Waals surface area (Å²) in [5.41, 5.74) is -0.0948. The standard InChI is InChI=1S/C36H32O5/c1-39-31-24-22-26(23-25-31)34-40-32(35(37,27-14-6-2-7-15-27)28-16-8-3-9-17-28)33(41-34)36(38,29-18-10-4-11-19-29)30-20-12-5-13-21-30/h2-25,32-34,37-38H,1H3/t32-,33-/m1/s1. The van der Waals surface area contributed by atoms with Crippen molar-refractivity contribution in [3.8, 4) is 5.75 Å². The number of ether oxygens (including phenoxy) is 3. The SMILES string of the molecule is COc1ccc(C2O[C@@H](C(O)(c3ccccc3)c3ccccc3)[C@H](C(O)(c3ccccc3)c3ccccc3)O2)cc1. The molecule has 5 nitrogen and oxygen atoms in total. The molecule has 0 unspecified atom stereocenters. The van der Waals surface area contributed by atoms with E-state index < -0.39 is 29.7 Å². The normalized spacial score (nSPS) is 17.8. The van der Waals surface area contributed by atoms with Crippen molar-refractivity contribution in [3.63, 3.8) is 0 Å². The summed E-state index contributed by atoms with van der Waals surface area (Å²) in [6.45, 7) is 0. The van der Waals surface area contributed by atoms with Crippen molar-refractivity contribution < 1.29 is 24.4 Å². The number of rotatable bonds is 8.